The van der Waals surface area contributed by atoms with Gasteiger partial charge in [-0.2, -0.15) is 0 Å². The van der Waals surface area contributed by atoms with Gasteiger partial charge in [-0.15, -0.1) is 0 Å². The van der Waals surface area contributed by atoms with Gasteiger partial charge >= 0.3 is 0 Å². The lowest BCUT2D eigenvalue weighted by atomic mass is 10.0. The van der Waals surface area contributed by atoms with Crippen LogP contribution in [0.2, 0.25) is 0 Å². The highest BCUT2D eigenvalue weighted by atomic mass is 16.1. The van der Waals surface area contributed by atoms with Gasteiger partial charge in [0.25, 0.3) is 5.91 Å². The first kappa shape index (κ1) is 15.2. The molecule has 0 unspecified atom stereocenters. The number of nitrogens with one attached hydrogen (secondary N) is 2. The molecule has 0 aliphatic heterocycles. The van der Waals surface area contributed by atoms with Crippen molar-refractivity contribution in [2.45, 2.75) is 25.8 Å². The van der Waals surface area contributed by atoms with Crippen LogP contribution < -0.4 is 11.1 Å². The maximum Gasteiger partial charge on any atom is 0.251 e. The molecule has 5 nitrogen and oxygen atoms in total. The summed E-state index contributed by atoms with van der Waals surface area (Å²) in [6.45, 7) is 1.66. The maximum absolute atomic E-state index is 12.6. The second-order valence-corrected chi connectivity index (χ2v) is 5.97. The number of aromatic nitrogens is 1. The molecule has 1 fully saturated rings. The lowest BCUT2D eigenvalue weighted by molar-refractivity contribution is 0.0930. The zero-order valence-electron chi connectivity index (χ0n) is 13.0. The molecule has 1 aromatic carbocycles. The van der Waals surface area contributed by atoms with Crippen molar-refractivity contribution in [1.29, 1.82) is 5.41 Å². The Balaban J connectivity index is 1.83. The summed E-state index contributed by atoms with van der Waals surface area (Å²) in [4.78, 5) is 17.0. The van der Waals surface area contributed by atoms with Gasteiger partial charge in [0.05, 0.1) is 11.7 Å². The molecule has 1 aliphatic carbocycles. The first-order valence-corrected chi connectivity index (χ1v) is 7.73. The number of nitrogen functional groups attached to an aromatic ring is 1. The Bertz CT molecular complexity index is 738. The van der Waals surface area contributed by atoms with E-state index in [1.807, 2.05) is 18.2 Å². The minimum absolute atomic E-state index is 0.0641. The van der Waals surface area contributed by atoms with Crippen LogP contribution in [0, 0.1) is 11.3 Å². The first-order valence-electron chi connectivity index (χ1n) is 7.73. The highest BCUT2D eigenvalue weighted by Gasteiger charge is 2.34. The number of nitrogens with two attached hydrogens (primary N) is 1. The SMILES string of the molecule is CC(=N)c1cc(C(=O)N[C@@H](c2ccccn2)C2CC2)ccc1N. The average Bonchev–Trinajstić information content (AvgIpc) is 3.38. The molecule has 0 saturated heterocycles. The summed E-state index contributed by atoms with van der Waals surface area (Å²) >= 11 is 0. The summed E-state index contributed by atoms with van der Waals surface area (Å²) < 4.78 is 0. The molecule has 2 aromatic rings. The van der Waals surface area contributed by atoms with Crippen molar-refractivity contribution >= 4 is 17.3 Å². The molecule has 5 heteroatoms. The molecule has 1 aromatic heterocycles. The molecule has 1 aliphatic rings. The lowest BCUT2D eigenvalue weighted by Gasteiger charge is -2.18. The van der Waals surface area contributed by atoms with Crippen molar-refractivity contribution in [2.75, 3.05) is 5.73 Å². The molecule has 0 bridgehead atoms. The second-order valence-electron chi connectivity index (χ2n) is 5.97. The number of pyridine rings is 1. The molecule has 1 saturated carbocycles. The van der Waals surface area contributed by atoms with E-state index >= 15 is 0 Å². The van der Waals surface area contributed by atoms with E-state index in [1.165, 1.54) is 0 Å². The van der Waals surface area contributed by atoms with E-state index in [-0.39, 0.29) is 11.9 Å². The van der Waals surface area contributed by atoms with E-state index in [9.17, 15) is 4.79 Å². The second kappa shape index (κ2) is 6.20. The van der Waals surface area contributed by atoms with Crippen LogP contribution in [-0.4, -0.2) is 16.6 Å². The Labute approximate surface area is 135 Å². The summed E-state index contributed by atoms with van der Waals surface area (Å²) in [6, 6.07) is 10.7. The van der Waals surface area contributed by atoms with Gasteiger partial charge in [0.1, 0.15) is 0 Å². The molecule has 4 N–H and O–H groups in total. The minimum atomic E-state index is -0.157. The Hall–Kier alpha value is -2.69. The number of carbonyl (C=O) groups excluding carboxylic acids is 1. The molecule has 23 heavy (non-hydrogen) atoms. The average molecular weight is 308 g/mol. The summed E-state index contributed by atoms with van der Waals surface area (Å²) in [5.74, 6) is 0.293. The number of carbonyl (C=O) groups is 1. The Morgan fingerprint density at radius 2 is 2.13 bits per heavy atom. The van der Waals surface area contributed by atoms with E-state index in [0.717, 1.165) is 18.5 Å². The van der Waals surface area contributed by atoms with Gasteiger partial charge < -0.3 is 16.5 Å². The van der Waals surface area contributed by atoms with Gasteiger partial charge in [-0.25, -0.2) is 0 Å². The highest BCUT2D eigenvalue weighted by molar-refractivity contribution is 6.04. The van der Waals surface area contributed by atoms with Gasteiger partial charge in [0.2, 0.25) is 0 Å². The zero-order chi connectivity index (χ0) is 16.4. The molecule has 1 atom stereocenters. The van der Waals surface area contributed by atoms with Gasteiger partial charge in [-0.05, 0) is 56.0 Å². The van der Waals surface area contributed by atoms with E-state index in [0.29, 0.717) is 28.4 Å². The van der Waals surface area contributed by atoms with Crippen molar-refractivity contribution in [3.05, 3.63) is 59.4 Å². The Kier molecular flexibility index (Phi) is 4.10. The smallest absolute Gasteiger partial charge is 0.251 e. The standard InChI is InChI=1S/C18H20N4O/c1-11(19)14-10-13(7-8-15(14)20)18(23)22-17(12-5-6-12)16-4-2-3-9-21-16/h2-4,7-10,12,17,19H,5-6,20H2,1H3,(H,22,23)/t17-/m1/s1. The quantitative estimate of drug-likeness (QED) is 0.586. The normalized spacial score (nSPS) is 15.0. The van der Waals surface area contributed by atoms with Crippen molar-refractivity contribution in [3.8, 4) is 0 Å². The monoisotopic (exact) mass is 308 g/mol. The minimum Gasteiger partial charge on any atom is -0.398 e. The van der Waals surface area contributed by atoms with Crippen molar-refractivity contribution in [3.63, 3.8) is 0 Å². The summed E-state index contributed by atoms with van der Waals surface area (Å²) in [5, 5.41) is 10.8. The van der Waals surface area contributed by atoms with Crippen molar-refractivity contribution in [1.82, 2.24) is 10.3 Å². The van der Waals surface area contributed by atoms with E-state index in [4.69, 9.17) is 11.1 Å². The van der Waals surface area contributed by atoms with Crippen molar-refractivity contribution < 1.29 is 4.79 Å². The first-order chi connectivity index (χ1) is 11.1. The Morgan fingerprint density at radius 3 is 2.74 bits per heavy atom. The molecule has 3 rings (SSSR count). The fourth-order valence-corrected chi connectivity index (χ4v) is 2.67. The molecule has 0 spiro atoms. The number of hydrogen-bond acceptors (Lipinski definition) is 4. The highest BCUT2D eigenvalue weighted by Crippen LogP contribution is 2.40. The molecular formula is C18H20N4O. The number of amides is 1. The van der Waals surface area contributed by atoms with Gasteiger partial charge in [0, 0.05) is 28.7 Å². The maximum atomic E-state index is 12.6. The van der Waals surface area contributed by atoms with E-state index < -0.39 is 0 Å². The Morgan fingerprint density at radius 1 is 1.35 bits per heavy atom. The van der Waals surface area contributed by atoms with Gasteiger partial charge in [-0.3, -0.25) is 9.78 Å². The van der Waals surface area contributed by atoms with Crippen LogP contribution >= 0.6 is 0 Å². The summed E-state index contributed by atoms with van der Waals surface area (Å²) in [6.07, 6.45) is 3.96. The molecule has 0 radical (unpaired) electrons. The summed E-state index contributed by atoms with van der Waals surface area (Å²) in [5.41, 5.74) is 8.72. The fraction of sp³-hybridized carbons (Fsp3) is 0.278. The third kappa shape index (κ3) is 3.39. The van der Waals surface area contributed by atoms with Gasteiger partial charge in [-0.1, -0.05) is 6.07 Å². The van der Waals surface area contributed by atoms with Crippen LogP contribution in [-0.2, 0) is 0 Å². The molecule has 118 valence electrons. The number of rotatable bonds is 5. The van der Waals surface area contributed by atoms with Crippen LogP contribution in [0.15, 0.2) is 42.6 Å². The predicted molar refractivity (Wildman–Crippen MR) is 90.5 cm³/mol. The van der Waals surface area contributed by atoms with E-state index in [2.05, 4.69) is 10.3 Å². The van der Waals surface area contributed by atoms with Crippen LogP contribution in [0.3, 0.4) is 0 Å². The predicted octanol–water partition coefficient (Wildman–Crippen LogP) is 2.93. The number of hydrogen-bond donors (Lipinski definition) is 3. The third-order valence-electron chi connectivity index (χ3n) is 4.11. The van der Waals surface area contributed by atoms with Crippen LogP contribution in [0.5, 0.6) is 0 Å². The topological polar surface area (TPSA) is 91.9 Å². The number of anilines is 1. The van der Waals surface area contributed by atoms with Crippen LogP contribution in [0.25, 0.3) is 0 Å². The fourth-order valence-electron chi connectivity index (χ4n) is 2.67. The number of benzene rings is 1. The van der Waals surface area contributed by atoms with Gasteiger partial charge in [0.15, 0.2) is 0 Å². The molecule has 1 amide bonds. The number of nitrogens with zero attached hydrogens (tertiary/aromatic N) is 1. The lowest BCUT2D eigenvalue weighted by Crippen LogP contribution is -2.30. The summed E-state index contributed by atoms with van der Waals surface area (Å²) in [7, 11) is 0. The van der Waals surface area contributed by atoms with Crippen LogP contribution in [0.1, 0.15) is 47.4 Å². The zero-order valence-corrected chi connectivity index (χ0v) is 13.0. The largest absolute Gasteiger partial charge is 0.398 e. The van der Waals surface area contributed by atoms with Crippen molar-refractivity contribution in [2.24, 2.45) is 5.92 Å². The molecular weight excluding hydrogens is 288 g/mol. The van der Waals surface area contributed by atoms with Crippen LogP contribution in [0.4, 0.5) is 5.69 Å². The molecule has 1 heterocycles. The third-order valence-corrected chi connectivity index (χ3v) is 4.11. The van der Waals surface area contributed by atoms with E-state index in [1.54, 1.807) is 31.3 Å².